The number of hydrogen-bond donors (Lipinski definition) is 1. The third kappa shape index (κ3) is 4.22. The van der Waals surface area contributed by atoms with Gasteiger partial charge in [0.25, 0.3) is 5.91 Å². The van der Waals surface area contributed by atoms with Crippen LogP contribution in [0.15, 0.2) is 18.2 Å². The third-order valence-electron chi connectivity index (χ3n) is 4.24. The lowest BCUT2D eigenvalue weighted by Crippen LogP contribution is -2.39. The van der Waals surface area contributed by atoms with Crippen molar-refractivity contribution in [2.45, 2.75) is 25.4 Å². The number of amides is 1. The van der Waals surface area contributed by atoms with E-state index in [0.717, 1.165) is 37.9 Å². The zero-order valence-corrected chi connectivity index (χ0v) is 12.9. The van der Waals surface area contributed by atoms with Crippen LogP contribution >= 0.6 is 0 Å². The van der Waals surface area contributed by atoms with Gasteiger partial charge < -0.3 is 10.2 Å². The van der Waals surface area contributed by atoms with Crippen molar-refractivity contribution in [3.05, 3.63) is 35.1 Å². The second kappa shape index (κ2) is 7.29. The van der Waals surface area contributed by atoms with Crippen molar-refractivity contribution >= 4 is 5.91 Å². The molecule has 1 fully saturated rings. The zero-order valence-electron chi connectivity index (χ0n) is 12.9. The molecule has 0 radical (unpaired) electrons. The molecule has 0 bridgehead atoms. The lowest BCUT2D eigenvalue weighted by Gasteiger charge is -2.32. The molecule has 1 N–H and O–H groups in total. The highest BCUT2D eigenvalue weighted by Crippen LogP contribution is 2.33. The summed E-state index contributed by atoms with van der Waals surface area (Å²) in [6, 6.07) is 2.83. The Morgan fingerprint density at radius 1 is 1.30 bits per heavy atom. The molecule has 1 aromatic carbocycles. The lowest BCUT2D eigenvalue weighted by molar-refractivity contribution is -0.140. The van der Waals surface area contributed by atoms with Gasteiger partial charge in [-0.05, 0) is 50.9 Å². The smallest absolute Gasteiger partial charge is 0.339 e. The molecule has 1 heterocycles. The molecular formula is C16H20F4N2O. The second-order valence-corrected chi connectivity index (χ2v) is 5.79. The van der Waals surface area contributed by atoms with Gasteiger partial charge in [-0.2, -0.15) is 13.2 Å². The number of carbonyl (C=O) groups is 1. The van der Waals surface area contributed by atoms with Gasteiger partial charge in [-0.25, -0.2) is 4.39 Å². The van der Waals surface area contributed by atoms with Crippen LogP contribution in [0.5, 0.6) is 0 Å². The average molecular weight is 332 g/mol. The van der Waals surface area contributed by atoms with Crippen LogP contribution in [0.3, 0.4) is 0 Å². The number of carbonyl (C=O) groups excluding carboxylic acids is 1. The summed E-state index contributed by atoms with van der Waals surface area (Å²) in [6.07, 6.45) is -2.24. The van der Waals surface area contributed by atoms with Crippen LogP contribution < -0.4 is 5.32 Å². The Kier molecular flexibility index (Phi) is 5.62. The fourth-order valence-corrected chi connectivity index (χ4v) is 2.86. The first-order chi connectivity index (χ1) is 10.8. The fourth-order valence-electron chi connectivity index (χ4n) is 2.86. The van der Waals surface area contributed by atoms with Gasteiger partial charge in [-0.1, -0.05) is 6.07 Å². The summed E-state index contributed by atoms with van der Waals surface area (Å²) in [7, 11) is 1.87. The van der Waals surface area contributed by atoms with Crippen LogP contribution in [-0.4, -0.2) is 37.5 Å². The van der Waals surface area contributed by atoms with Crippen LogP contribution in [0, 0.1) is 11.7 Å². The van der Waals surface area contributed by atoms with Crippen molar-refractivity contribution < 1.29 is 22.4 Å². The Morgan fingerprint density at radius 3 is 2.52 bits per heavy atom. The summed E-state index contributed by atoms with van der Waals surface area (Å²) in [5, 5.41) is 3.07. The maximum Gasteiger partial charge on any atom is 0.419 e. The molecule has 2 rings (SSSR count). The SMILES string of the molecule is CNCCC1CCN(C(=O)c2cccc(C(F)(F)F)c2F)CC1. The molecule has 128 valence electrons. The number of piperidine rings is 1. The highest BCUT2D eigenvalue weighted by Gasteiger charge is 2.36. The van der Waals surface area contributed by atoms with E-state index in [1.54, 1.807) is 0 Å². The predicted octanol–water partition coefficient (Wildman–Crippen LogP) is 3.31. The van der Waals surface area contributed by atoms with Crippen molar-refractivity contribution in [2.75, 3.05) is 26.7 Å². The third-order valence-corrected chi connectivity index (χ3v) is 4.24. The van der Waals surface area contributed by atoms with E-state index in [1.807, 2.05) is 7.05 Å². The molecule has 23 heavy (non-hydrogen) atoms. The second-order valence-electron chi connectivity index (χ2n) is 5.79. The highest BCUT2D eigenvalue weighted by molar-refractivity contribution is 5.94. The van der Waals surface area contributed by atoms with E-state index < -0.39 is 29.0 Å². The number of hydrogen-bond acceptors (Lipinski definition) is 2. The van der Waals surface area contributed by atoms with Crippen LogP contribution in [0.4, 0.5) is 17.6 Å². The summed E-state index contributed by atoms with van der Waals surface area (Å²) in [4.78, 5) is 13.8. The first-order valence-corrected chi connectivity index (χ1v) is 7.64. The average Bonchev–Trinajstić information content (AvgIpc) is 2.52. The number of rotatable bonds is 4. The molecule has 1 aromatic rings. The summed E-state index contributed by atoms with van der Waals surface area (Å²) in [5.74, 6) is -1.67. The van der Waals surface area contributed by atoms with Crippen LogP contribution in [0.2, 0.25) is 0 Å². The van der Waals surface area contributed by atoms with E-state index in [0.29, 0.717) is 25.1 Å². The predicted molar refractivity (Wildman–Crippen MR) is 78.6 cm³/mol. The van der Waals surface area contributed by atoms with E-state index in [-0.39, 0.29) is 0 Å². The van der Waals surface area contributed by atoms with Gasteiger partial charge in [0.1, 0.15) is 5.82 Å². The summed E-state index contributed by atoms with van der Waals surface area (Å²) in [5.41, 5.74) is -1.90. The molecule has 1 aliphatic rings. The molecule has 7 heteroatoms. The van der Waals surface area contributed by atoms with Gasteiger partial charge in [-0.3, -0.25) is 4.79 Å². The molecule has 1 aliphatic heterocycles. The molecular weight excluding hydrogens is 312 g/mol. The first-order valence-electron chi connectivity index (χ1n) is 7.64. The lowest BCUT2D eigenvalue weighted by atomic mass is 9.93. The molecule has 0 aromatic heterocycles. The first kappa shape index (κ1) is 17.7. The molecule has 1 amide bonds. The number of halogens is 4. The highest BCUT2D eigenvalue weighted by atomic mass is 19.4. The van der Waals surface area contributed by atoms with Crippen molar-refractivity contribution in [2.24, 2.45) is 5.92 Å². The Labute approximate surface area is 132 Å². The number of alkyl halides is 3. The molecule has 0 aliphatic carbocycles. The minimum atomic E-state index is -4.81. The van der Waals surface area contributed by atoms with Crippen LogP contribution in [0.25, 0.3) is 0 Å². The summed E-state index contributed by atoms with van der Waals surface area (Å²) in [6.45, 7) is 1.78. The number of benzene rings is 1. The largest absolute Gasteiger partial charge is 0.419 e. The molecule has 0 saturated carbocycles. The van der Waals surface area contributed by atoms with Gasteiger partial charge in [0.05, 0.1) is 11.1 Å². The molecule has 0 spiro atoms. The van der Waals surface area contributed by atoms with Crippen molar-refractivity contribution in [3.8, 4) is 0 Å². The number of nitrogens with zero attached hydrogens (tertiary/aromatic N) is 1. The number of likely N-dealkylation sites (tertiary alicyclic amines) is 1. The Hall–Kier alpha value is -1.63. The van der Waals surface area contributed by atoms with Crippen molar-refractivity contribution in [1.29, 1.82) is 0 Å². The quantitative estimate of drug-likeness (QED) is 0.858. The van der Waals surface area contributed by atoms with Crippen molar-refractivity contribution in [1.82, 2.24) is 10.2 Å². The number of nitrogens with one attached hydrogen (secondary N) is 1. The Morgan fingerprint density at radius 2 is 1.96 bits per heavy atom. The molecule has 3 nitrogen and oxygen atoms in total. The zero-order chi connectivity index (χ0) is 17.0. The van der Waals surface area contributed by atoms with E-state index in [1.165, 1.54) is 4.90 Å². The minimum absolute atomic E-state index is 0.447. The minimum Gasteiger partial charge on any atom is -0.339 e. The van der Waals surface area contributed by atoms with Crippen LogP contribution in [0.1, 0.15) is 35.2 Å². The van der Waals surface area contributed by atoms with Crippen molar-refractivity contribution in [3.63, 3.8) is 0 Å². The van der Waals surface area contributed by atoms with Gasteiger partial charge in [0, 0.05) is 13.1 Å². The van der Waals surface area contributed by atoms with Gasteiger partial charge in [-0.15, -0.1) is 0 Å². The van der Waals surface area contributed by atoms with Gasteiger partial charge in [0.15, 0.2) is 0 Å². The fraction of sp³-hybridized carbons (Fsp3) is 0.562. The van der Waals surface area contributed by atoms with Gasteiger partial charge >= 0.3 is 6.18 Å². The maximum atomic E-state index is 14.0. The van der Waals surface area contributed by atoms with Gasteiger partial charge in [0.2, 0.25) is 0 Å². The standard InChI is InChI=1S/C16H20F4N2O/c1-21-8-5-11-6-9-22(10-7-11)15(23)12-3-2-4-13(14(12)17)16(18,19)20/h2-4,11,21H,5-10H2,1H3. The maximum absolute atomic E-state index is 14.0. The molecule has 0 unspecified atom stereocenters. The molecule has 0 atom stereocenters. The van der Waals surface area contributed by atoms with Crippen LogP contribution in [-0.2, 0) is 6.18 Å². The Bertz CT molecular complexity index is 552. The topological polar surface area (TPSA) is 32.3 Å². The monoisotopic (exact) mass is 332 g/mol. The van der Waals surface area contributed by atoms with E-state index in [9.17, 15) is 22.4 Å². The summed E-state index contributed by atoms with van der Waals surface area (Å²) < 4.78 is 52.2. The summed E-state index contributed by atoms with van der Waals surface area (Å²) >= 11 is 0. The van der Waals surface area contributed by atoms with E-state index in [2.05, 4.69) is 5.32 Å². The normalized spacial score (nSPS) is 16.7. The Balaban J connectivity index is 2.08. The van der Waals surface area contributed by atoms with E-state index in [4.69, 9.17) is 0 Å². The van der Waals surface area contributed by atoms with E-state index >= 15 is 0 Å². The molecule has 1 saturated heterocycles.